The van der Waals surface area contributed by atoms with Gasteiger partial charge in [0, 0.05) is 12.1 Å². The molecule has 0 aliphatic carbocycles. The molecule has 0 saturated heterocycles. The van der Waals surface area contributed by atoms with E-state index in [0.717, 1.165) is 18.1 Å². The van der Waals surface area contributed by atoms with Gasteiger partial charge in [-0.05, 0) is 30.2 Å². The van der Waals surface area contributed by atoms with Crippen LogP contribution in [0, 0.1) is 15.9 Å². The summed E-state index contributed by atoms with van der Waals surface area (Å²) >= 11 is 0. The fourth-order valence-corrected chi connectivity index (χ4v) is 1.88. The second kappa shape index (κ2) is 6.32. The Morgan fingerprint density at radius 3 is 2.52 bits per heavy atom. The Balaban J connectivity index is 2.28. The van der Waals surface area contributed by atoms with Crippen LogP contribution < -0.4 is 10.5 Å². The summed E-state index contributed by atoms with van der Waals surface area (Å²) in [5.41, 5.74) is 6.41. The third-order valence-corrected chi connectivity index (χ3v) is 3.11. The van der Waals surface area contributed by atoms with Crippen LogP contribution in [0.25, 0.3) is 0 Å². The van der Waals surface area contributed by atoms with Crippen molar-refractivity contribution in [2.75, 3.05) is 0 Å². The summed E-state index contributed by atoms with van der Waals surface area (Å²) in [6.45, 7) is 1.97. The minimum absolute atomic E-state index is 0.0816. The molecular formula is C15H15FN2O3. The van der Waals surface area contributed by atoms with E-state index in [0.29, 0.717) is 5.75 Å². The van der Waals surface area contributed by atoms with Gasteiger partial charge in [0.05, 0.1) is 4.92 Å². The van der Waals surface area contributed by atoms with Crippen molar-refractivity contribution in [3.8, 4) is 11.5 Å². The van der Waals surface area contributed by atoms with E-state index in [9.17, 15) is 14.5 Å². The van der Waals surface area contributed by atoms with Gasteiger partial charge < -0.3 is 10.5 Å². The largest absolute Gasteiger partial charge is 0.447 e. The maximum absolute atomic E-state index is 13.7. The van der Waals surface area contributed by atoms with Crippen molar-refractivity contribution < 1.29 is 14.1 Å². The first-order valence-electron chi connectivity index (χ1n) is 6.49. The van der Waals surface area contributed by atoms with Crippen molar-refractivity contribution in [1.29, 1.82) is 0 Å². The zero-order chi connectivity index (χ0) is 15.4. The van der Waals surface area contributed by atoms with Gasteiger partial charge in [0.15, 0.2) is 5.82 Å². The van der Waals surface area contributed by atoms with Crippen LogP contribution in [0.1, 0.15) is 24.9 Å². The summed E-state index contributed by atoms with van der Waals surface area (Å²) in [4.78, 5) is 10.2. The highest BCUT2D eigenvalue weighted by atomic mass is 19.1. The number of ether oxygens (including phenoxy) is 1. The average molecular weight is 290 g/mol. The molecule has 21 heavy (non-hydrogen) atoms. The predicted molar refractivity (Wildman–Crippen MR) is 76.8 cm³/mol. The predicted octanol–water partition coefficient (Wildman–Crippen LogP) is 3.94. The van der Waals surface area contributed by atoms with Gasteiger partial charge in [-0.1, -0.05) is 25.1 Å². The normalized spacial score (nSPS) is 12.0. The molecule has 0 aliphatic rings. The molecule has 0 radical (unpaired) electrons. The Hall–Kier alpha value is -2.47. The molecule has 2 rings (SSSR count). The highest BCUT2D eigenvalue weighted by molar-refractivity contribution is 5.49. The first kappa shape index (κ1) is 14.9. The molecule has 0 fully saturated rings. The molecule has 0 saturated carbocycles. The van der Waals surface area contributed by atoms with Gasteiger partial charge in [-0.25, -0.2) is 4.39 Å². The number of hydrogen-bond donors (Lipinski definition) is 1. The standard InChI is InChI=1S/C15H15FN2O3/c1-2-13(17)10-6-8-11(9-7-10)21-15-12(16)4-3-5-14(15)18(19)20/h3-9,13H,2,17H2,1H3/t13-/m0/s1. The third-order valence-electron chi connectivity index (χ3n) is 3.11. The van der Waals surface area contributed by atoms with Gasteiger partial charge in [-0.2, -0.15) is 0 Å². The van der Waals surface area contributed by atoms with Gasteiger partial charge >= 0.3 is 5.69 Å². The molecule has 0 aliphatic heterocycles. The fraction of sp³-hybridized carbons (Fsp3) is 0.200. The van der Waals surface area contributed by atoms with Crippen LogP contribution in [-0.4, -0.2) is 4.92 Å². The molecule has 5 nitrogen and oxygen atoms in total. The van der Waals surface area contributed by atoms with Crippen molar-refractivity contribution in [2.45, 2.75) is 19.4 Å². The van der Waals surface area contributed by atoms with Gasteiger partial charge in [0.2, 0.25) is 5.75 Å². The van der Waals surface area contributed by atoms with Gasteiger partial charge in [-0.3, -0.25) is 10.1 Å². The van der Waals surface area contributed by atoms with Crippen LogP contribution in [0.2, 0.25) is 0 Å². The van der Waals surface area contributed by atoms with E-state index >= 15 is 0 Å². The summed E-state index contributed by atoms with van der Waals surface area (Å²) in [5.74, 6) is -0.858. The minimum atomic E-state index is -0.779. The lowest BCUT2D eigenvalue weighted by Gasteiger charge is -2.11. The molecule has 0 unspecified atom stereocenters. The van der Waals surface area contributed by atoms with Crippen molar-refractivity contribution in [1.82, 2.24) is 0 Å². The average Bonchev–Trinajstić information content (AvgIpc) is 2.49. The summed E-state index contributed by atoms with van der Waals surface area (Å²) in [5, 5.41) is 10.9. The van der Waals surface area contributed by atoms with Crippen LogP contribution in [0.4, 0.5) is 10.1 Å². The Morgan fingerprint density at radius 2 is 1.95 bits per heavy atom. The fourth-order valence-electron chi connectivity index (χ4n) is 1.88. The lowest BCUT2D eigenvalue weighted by molar-refractivity contribution is -0.385. The van der Waals surface area contributed by atoms with Gasteiger partial charge in [0.25, 0.3) is 0 Å². The minimum Gasteiger partial charge on any atom is -0.447 e. The maximum Gasteiger partial charge on any atom is 0.314 e. The topological polar surface area (TPSA) is 78.4 Å². The lowest BCUT2D eigenvalue weighted by Crippen LogP contribution is -2.08. The molecule has 0 aromatic heterocycles. The van der Waals surface area contributed by atoms with Crippen molar-refractivity contribution in [3.05, 3.63) is 64.0 Å². The molecule has 6 heteroatoms. The van der Waals surface area contributed by atoms with Crippen LogP contribution in [0.5, 0.6) is 11.5 Å². The smallest absolute Gasteiger partial charge is 0.314 e. The number of nitro benzene ring substituents is 1. The Kier molecular flexibility index (Phi) is 4.49. The first-order valence-corrected chi connectivity index (χ1v) is 6.49. The van der Waals surface area contributed by atoms with Crippen LogP contribution in [0.3, 0.4) is 0 Å². The van der Waals surface area contributed by atoms with E-state index < -0.39 is 22.2 Å². The highest BCUT2D eigenvalue weighted by Gasteiger charge is 2.20. The molecule has 2 aromatic rings. The number of halogens is 1. The lowest BCUT2D eigenvalue weighted by atomic mass is 10.1. The second-order valence-corrected chi connectivity index (χ2v) is 4.53. The Morgan fingerprint density at radius 1 is 1.29 bits per heavy atom. The molecule has 2 N–H and O–H groups in total. The summed E-state index contributed by atoms with van der Waals surface area (Å²) in [7, 11) is 0. The SMILES string of the molecule is CC[C@H](N)c1ccc(Oc2c(F)cccc2[N+](=O)[O-])cc1. The van der Waals surface area contributed by atoms with Gasteiger partial charge in [0.1, 0.15) is 5.75 Å². The zero-order valence-electron chi connectivity index (χ0n) is 11.5. The molecule has 0 heterocycles. The van der Waals surface area contributed by atoms with Crippen molar-refractivity contribution >= 4 is 5.69 Å². The molecule has 0 bridgehead atoms. The first-order chi connectivity index (χ1) is 10.0. The van der Waals surface area contributed by atoms with E-state index in [1.54, 1.807) is 24.3 Å². The van der Waals surface area contributed by atoms with Crippen molar-refractivity contribution in [2.24, 2.45) is 5.73 Å². The molecule has 1 atom stereocenters. The van der Waals surface area contributed by atoms with E-state index in [1.807, 2.05) is 6.92 Å². The summed E-state index contributed by atoms with van der Waals surface area (Å²) < 4.78 is 19.0. The summed E-state index contributed by atoms with van der Waals surface area (Å²) in [6.07, 6.45) is 0.791. The highest BCUT2D eigenvalue weighted by Crippen LogP contribution is 2.34. The quantitative estimate of drug-likeness (QED) is 0.668. The number of nitrogens with two attached hydrogens (primary N) is 1. The summed E-state index contributed by atoms with van der Waals surface area (Å²) in [6, 6.07) is 10.2. The number of nitro groups is 1. The van der Waals surface area contributed by atoms with E-state index in [2.05, 4.69) is 0 Å². The monoisotopic (exact) mass is 290 g/mol. The maximum atomic E-state index is 13.7. The Bertz CT molecular complexity index is 644. The molecule has 110 valence electrons. The zero-order valence-corrected chi connectivity index (χ0v) is 11.5. The van der Waals surface area contributed by atoms with Crippen molar-refractivity contribution in [3.63, 3.8) is 0 Å². The van der Waals surface area contributed by atoms with E-state index in [4.69, 9.17) is 10.5 Å². The van der Waals surface area contributed by atoms with Crippen LogP contribution in [0.15, 0.2) is 42.5 Å². The number of benzene rings is 2. The molecular weight excluding hydrogens is 275 g/mol. The number of rotatable bonds is 5. The van der Waals surface area contributed by atoms with E-state index in [1.165, 1.54) is 12.1 Å². The number of nitrogens with zero attached hydrogens (tertiary/aromatic N) is 1. The number of para-hydroxylation sites is 1. The van der Waals surface area contributed by atoms with Gasteiger partial charge in [-0.15, -0.1) is 0 Å². The second-order valence-electron chi connectivity index (χ2n) is 4.53. The van der Waals surface area contributed by atoms with E-state index in [-0.39, 0.29) is 6.04 Å². The molecule has 0 amide bonds. The van der Waals surface area contributed by atoms with Crippen LogP contribution in [-0.2, 0) is 0 Å². The number of hydrogen-bond acceptors (Lipinski definition) is 4. The Labute approximate surface area is 121 Å². The van der Waals surface area contributed by atoms with Crippen LogP contribution >= 0.6 is 0 Å². The molecule has 0 spiro atoms. The molecule has 2 aromatic carbocycles. The third kappa shape index (κ3) is 3.35.